The number of fused-ring (bicyclic) bond motifs is 1. The third-order valence-corrected chi connectivity index (χ3v) is 4.57. The lowest BCUT2D eigenvalue weighted by Gasteiger charge is -2.08. The molecule has 0 fully saturated rings. The largest absolute Gasteiger partial charge is 0.396 e. The number of benzene rings is 2. The molecule has 2 N–H and O–H groups in total. The summed E-state index contributed by atoms with van der Waals surface area (Å²) < 4.78 is 2.11. The van der Waals surface area contributed by atoms with Crippen molar-refractivity contribution in [1.29, 1.82) is 0 Å². The summed E-state index contributed by atoms with van der Waals surface area (Å²) in [6, 6.07) is 18.7. The van der Waals surface area contributed by atoms with E-state index in [1.54, 1.807) is 6.33 Å². The summed E-state index contributed by atoms with van der Waals surface area (Å²) in [7, 11) is 0. The molecular formula is C22H22N4O. The van der Waals surface area contributed by atoms with Crippen molar-refractivity contribution >= 4 is 16.9 Å². The summed E-state index contributed by atoms with van der Waals surface area (Å²) in [6.07, 6.45) is 4.39. The lowest BCUT2D eigenvalue weighted by Crippen LogP contribution is -2.06. The van der Waals surface area contributed by atoms with Crippen LogP contribution in [0, 0.1) is 6.92 Å². The molecule has 136 valence electrons. The maximum atomic E-state index is 9.09. The Kier molecular flexibility index (Phi) is 4.85. The van der Waals surface area contributed by atoms with Gasteiger partial charge in [0.2, 0.25) is 0 Å². The Morgan fingerprint density at radius 1 is 1.04 bits per heavy atom. The molecule has 0 aliphatic carbocycles. The Bertz CT molecular complexity index is 1060. The average Bonchev–Trinajstić information content (AvgIpc) is 3.09. The second kappa shape index (κ2) is 7.60. The molecule has 0 atom stereocenters. The van der Waals surface area contributed by atoms with Crippen LogP contribution in [0.1, 0.15) is 12.0 Å². The van der Waals surface area contributed by atoms with Crippen LogP contribution in [0.15, 0.2) is 67.1 Å². The van der Waals surface area contributed by atoms with Gasteiger partial charge in [-0.2, -0.15) is 0 Å². The van der Waals surface area contributed by atoms with Gasteiger partial charge in [0, 0.05) is 30.6 Å². The van der Waals surface area contributed by atoms with Gasteiger partial charge in [0.05, 0.1) is 5.39 Å². The van der Waals surface area contributed by atoms with Gasteiger partial charge in [0.15, 0.2) is 5.65 Å². The first-order chi connectivity index (χ1) is 13.3. The number of hydrogen-bond acceptors (Lipinski definition) is 4. The molecule has 0 aliphatic rings. The highest BCUT2D eigenvalue weighted by atomic mass is 16.3. The monoisotopic (exact) mass is 358 g/mol. The Hall–Kier alpha value is -3.18. The fourth-order valence-corrected chi connectivity index (χ4v) is 3.29. The number of aromatic nitrogens is 3. The van der Waals surface area contributed by atoms with Crippen LogP contribution in [0.2, 0.25) is 0 Å². The number of nitrogens with one attached hydrogen (secondary N) is 1. The molecule has 0 unspecified atom stereocenters. The van der Waals surface area contributed by atoms with Crippen LogP contribution in [0.3, 0.4) is 0 Å². The third kappa shape index (κ3) is 3.41. The fraction of sp³-hybridized carbons (Fsp3) is 0.182. The zero-order valence-electron chi connectivity index (χ0n) is 15.3. The molecular weight excluding hydrogens is 336 g/mol. The van der Waals surface area contributed by atoms with E-state index < -0.39 is 0 Å². The molecule has 0 amide bonds. The average molecular weight is 358 g/mol. The van der Waals surface area contributed by atoms with Gasteiger partial charge >= 0.3 is 0 Å². The highest BCUT2D eigenvalue weighted by Crippen LogP contribution is 2.35. The van der Waals surface area contributed by atoms with Crippen LogP contribution in [0.25, 0.3) is 27.8 Å². The summed E-state index contributed by atoms with van der Waals surface area (Å²) in [5, 5.41) is 13.4. The molecule has 5 nitrogen and oxygen atoms in total. The number of hydrogen-bond donors (Lipinski definition) is 2. The minimum absolute atomic E-state index is 0.150. The Morgan fingerprint density at radius 2 is 1.89 bits per heavy atom. The van der Waals surface area contributed by atoms with E-state index >= 15 is 0 Å². The van der Waals surface area contributed by atoms with Gasteiger partial charge in [-0.15, -0.1) is 0 Å². The van der Waals surface area contributed by atoms with Crippen molar-refractivity contribution in [2.75, 3.05) is 18.5 Å². The van der Waals surface area contributed by atoms with E-state index in [0.717, 1.165) is 33.7 Å². The highest BCUT2D eigenvalue weighted by Gasteiger charge is 2.17. The molecule has 2 aromatic heterocycles. The molecule has 0 saturated carbocycles. The third-order valence-electron chi connectivity index (χ3n) is 4.57. The number of aryl methyl sites for hydroxylation is 1. The predicted octanol–water partition coefficient (Wildman–Crippen LogP) is 4.19. The van der Waals surface area contributed by atoms with Gasteiger partial charge in [0.1, 0.15) is 12.1 Å². The van der Waals surface area contributed by atoms with Gasteiger partial charge in [-0.1, -0.05) is 42.5 Å². The first-order valence-corrected chi connectivity index (χ1v) is 9.11. The van der Waals surface area contributed by atoms with Crippen LogP contribution in [0.4, 0.5) is 5.82 Å². The summed E-state index contributed by atoms with van der Waals surface area (Å²) in [6.45, 7) is 2.90. The molecule has 5 heteroatoms. The summed E-state index contributed by atoms with van der Waals surface area (Å²) in [4.78, 5) is 9.06. The maximum Gasteiger partial charge on any atom is 0.150 e. The van der Waals surface area contributed by atoms with Crippen LogP contribution in [-0.2, 0) is 0 Å². The first kappa shape index (κ1) is 17.2. The quantitative estimate of drug-likeness (QED) is 0.507. The fourth-order valence-electron chi connectivity index (χ4n) is 3.29. The number of anilines is 1. The standard InChI is InChI=1S/C22H22N4O/c1-16-7-5-10-18(13-16)26-14-19(17-8-3-2-4-9-17)20-21(23-11-6-12-27)24-15-25-22(20)26/h2-5,7-10,13-15,27H,6,11-12H2,1H3,(H,23,24,25). The molecule has 27 heavy (non-hydrogen) atoms. The highest BCUT2D eigenvalue weighted by molar-refractivity contribution is 6.02. The molecule has 0 aliphatic heterocycles. The van der Waals surface area contributed by atoms with Crippen molar-refractivity contribution in [3.05, 3.63) is 72.7 Å². The molecule has 0 radical (unpaired) electrons. The summed E-state index contributed by atoms with van der Waals surface area (Å²) in [5.74, 6) is 0.790. The smallest absolute Gasteiger partial charge is 0.150 e. The van der Waals surface area contributed by atoms with E-state index in [0.29, 0.717) is 13.0 Å². The van der Waals surface area contributed by atoms with Crippen molar-refractivity contribution in [1.82, 2.24) is 14.5 Å². The number of rotatable bonds is 6. The lowest BCUT2D eigenvalue weighted by atomic mass is 10.1. The van der Waals surface area contributed by atoms with Gasteiger partial charge in [-0.3, -0.25) is 0 Å². The normalized spacial score (nSPS) is 11.0. The zero-order valence-corrected chi connectivity index (χ0v) is 15.3. The summed E-state index contributed by atoms with van der Waals surface area (Å²) >= 11 is 0. The van der Waals surface area contributed by atoms with E-state index in [2.05, 4.69) is 69.4 Å². The van der Waals surface area contributed by atoms with Crippen molar-refractivity contribution in [2.24, 2.45) is 0 Å². The first-order valence-electron chi connectivity index (χ1n) is 9.11. The maximum absolute atomic E-state index is 9.09. The number of aliphatic hydroxyl groups excluding tert-OH is 1. The molecule has 0 bridgehead atoms. The SMILES string of the molecule is Cc1cccc(-n2cc(-c3ccccc3)c3c(NCCCO)ncnc32)c1. The Labute approximate surface area is 158 Å². The molecule has 0 saturated heterocycles. The van der Waals surface area contributed by atoms with Crippen molar-refractivity contribution in [2.45, 2.75) is 13.3 Å². The minimum atomic E-state index is 0.150. The zero-order chi connectivity index (χ0) is 18.6. The second-order valence-electron chi connectivity index (χ2n) is 6.54. The Morgan fingerprint density at radius 3 is 2.67 bits per heavy atom. The number of aliphatic hydroxyl groups is 1. The Balaban J connectivity index is 1.94. The van der Waals surface area contributed by atoms with Crippen molar-refractivity contribution in [3.63, 3.8) is 0 Å². The molecule has 0 spiro atoms. The van der Waals surface area contributed by atoms with E-state index in [9.17, 15) is 0 Å². The predicted molar refractivity (Wildman–Crippen MR) is 109 cm³/mol. The summed E-state index contributed by atoms with van der Waals surface area (Å²) in [5.41, 5.74) is 5.34. The van der Waals surface area contributed by atoms with Crippen molar-refractivity contribution in [3.8, 4) is 16.8 Å². The second-order valence-corrected chi connectivity index (χ2v) is 6.54. The van der Waals surface area contributed by atoms with Crippen molar-refractivity contribution < 1.29 is 5.11 Å². The van der Waals surface area contributed by atoms with Gasteiger partial charge in [-0.25, -0.2) is 9.97 Å². The van der Waals surface area contributed by atoms with Crippen LogP contribution in [0.5, 0.6) is 0 Å². The van der Waals surface area contributed by atoms with Gasteiger partial charge in [0.25, 0.3) is 0 Å². The van der Waals surface area contributed by atoms with Gasteiger partial charge in [-0.05, 0) is 36.6 Å². The molecule has 2 aromatic carbocycles. The van der Waals surface area contributed by atoms with Crippen LogP contribution >= 0.6 is 0 Å². The lowest BCUT2D eigenvalue weighted by molar-refractivity contribution is 0.292. The van der Waals surface area contributed by atoms with Crippen LogP contribution in [-0.4, -0.2) is 32.8 Å². The van der Waals surface area contributed by atoms with E-state index in [4.69, 9.17) is 5.11 Å². The molecule has 4 rings (SSSR count). The number of nitrogens with zero attached hydrogens (tertiary/aromatic N) is 3. The van der Waals surface area contributed by atoms with E-state index in [-0.39, 0.29) is 6.61 Å². The molecule has 4 aromatic rings. The minimum Gasteiger partial charge on any atom is -0.396 e. The molecule has 2 heterocycles. The van der Waals surface area contributed by atoms with Crippen LogP contribution < -0.4 is 5.32 Å². The topological polar surface area (TPSA) is 63.0 Å². The van der Waals surface area contributed by atoms with E-state index in [1.165, 1.54) is 5.56 Å². The van der Waals surface area contributed by atoms with Gasteiger partial charge < -0.3 is 15.0 Å². The van der Waals surface area contributed by atoms with E-state index in [1.807, 2.05) is 18.2 Å².